The third-order valence-electron chi connectivity index (χ3n) is 3.22. The largest absolute Gasteiger partial charge is 0.272 e. The van der Waals surface area contributed by atoms with Crippen molar-refractivity contribution in [2.75, 3.05) is 0 Å². The lowest BCUT2D eigenvalue weighted by molar-refractivity contribution is 0.641. The van der Waals surface area contributed by atoms with E-state index in [1.807, 2.05) is 35.4 Å². The van der Waals surface area contributed by atoms with Crippen LogP contribution >= 0.6 is 11.6 Å². The maximum Gasteiger partial charge on any atom is 0.222 e. The molecular formula is C14H14ClN5. The molecule has 1 atom stereocenters. The number of aromatic nitrogens is 4. The maximum absolute atomic E-state index is 5.89. The van der Waals surface area contributed by atoms with E-state index in [9.17, 15) is 0 Å². The van der Waals surface area contributed by atoms with Crippen molar-refractivity contribution in [1.29, 1.82) is 0 Å². The molecule has 3 heterocycles. The van der Waals surface area contributed by atoms with Gasteiger partial charge in [-0.1, -0.05) is 6.08 Å². The van der Waals surface area contributed by atoms with Crippen molar-refractivity contribution in [3.05, 3.63) is 41.7 Å². The number of aryl methyl sites for hydroxylation is 1. The molecule has 0 saturated carbocycles. The first-order chi connectivity index (χ1) is 9.78. The summed E-state index contributed by atoms with van der Waals surface area (Å²) in [5.41, 5.74) is 2.76. The molecule has 1 aliphatic rings. The first-order valence-corrected chi connectivity index (χ1v) is 6.90. The van der Waals surface area contributed by atoms with Crippen molar-refractivity contribution in [2.45, 2.75) is 25.8 Å². The molecule has 1 aliphatic heterocycles. The highest BCUT2D eigenvalue weighted by Crippen LogP contribution is 2.30. The van der Waals surface area contributed by atoms with Gasteiger partial charge in [0.1, 0.15) is 0 Å². The van der Waals surface area contributed by atoms with Crippen molar-refractivity contribution in [1.82, 2.24) is 19.7 Å². The molecule has 2 aromatic rings. The summed E-state index contributed by atoms with van der Waals surface area (Å²) in [5, 5.41) is 4.89. The molecule has 0 amide bonds. The van der Waals surface area contributed by atoms with Gasteiger partial charge in [-0.3, -0.25) is 9.67 Å². The van der Waals surface area contributed by atoms with E-state index in [0.29, 0.717) is 0 Å². The molecule has 0 aliphatic carbocycles. The molecule has 0 saturated heterocycles. The minimum atomic E-state index is 0.177. The van der Waals surface area contributed by atoms with Gasteiger partial charge >= 0.3 is 0 Å². The van der Waals surface area contributed by atoms with E-state index in [1.54, 1.807) is 6.20 Å². The van der Waals surface area contributed by atoms with Crippen LogP contribution in [-0.2, 0) is 6.54 Å². The summed E-state index contributed by atoms with van der Waals surface area (Å²) in [7, 11) is 0. The Hall–Kier alpha value is -2.01. The fraction of sp³-hybridized carbons (Fsp3) is 0.286. The standard InChI is InChI=1S/C14H14ClN5/c1-2-20-9-11(12-5-7-17-14(15)18-12)13(19-20)10-4-3-6-16-8-10/h3,5-10H,2,4H2,1H3. The zero-order chi connectivity index (χ0) is 13.9. The van der Waals surface area contributed by atoms with Crippen LogP contribution in [-0.4, -0.2) is 26.0 Å². The molecule has 0 aromatic carbocycles. The summed E-state index contributed by atoms with van der Waals surface area (Å²) >= 11 is 5.89. The number of aliphatic imine (C=N–C) groups is 1. The van der Waals surface area contributed by atoms with Crippen LogP contribution in [0.15, 0.2) is 35.7 Å². The smallest absolute Gasteiger partial charge is 0.222 e. The van der Waals surface area contributed by atoms with E-state index < -0.39 is 0 Å². The monoisotopic (exact) mass is 287 g/mol. The first kappa shape index (κ1) is 13.0. The van der Waals surface area contributed by atoms with E-state index in [4.69, 9.17) is 11.6 Å². The van der Waals surface area contributed by atoms with Crippen LogP contribution in [0.2, 0.25) is 5.28 Å². The van der Waals surface area contributed by atoms with Gasteiger partial charge in [-0.05, 0) is 31.0 Å². The minimum absolute atomic E-state index is 0.177. The fourth-order valence-corrected chi connectivity index (χ4v) is 2.37. The van der Waals surface area contributed by atoms with Gasteiger partial charge < -0.3 is 0 Å². The number of hydrogen-bond donors (Lipinski definition) is 0. The second-order valence-corrected chi connectivity index (χ2v) is 4.86. The number of rotatable bonds is 3. The highest BCUT2D eigenvalue weighted by Gasteiger charge is 2.20. The molecule has 6 heteroatoms. The summed E-state index contributed by atoms with van der Waals surface area (Å²) in [6.45, 7) is 2.87. The third-order valence-corrected chi connectivity index (χ3v) is 3.40. The molecule has 2 aromatic heterocycles. The highest BCUT2D eigenvalue weighted by molar-refractivity contribution is 6.28. The van der Waals surface area contributed by atoms with Gasteiger partial charge in [0.05, 0.1) is 11.4 Å². The van der Waals surface area contributed by atoms with Crippen LogP contribution < -0.4 is 0 Å². The van der Waals surface area contributed by atoms with E-state index in [-0.39, 0.29) is 11.2 Å². The Bertz CT molecular complexity index is 674. The summed E-state index contributed by atoms with van der Waals surface area (Å²) in [6, 6.07) is 1.85. The lowest BCUT2D eigenvalue weighted by Crippen LogP contribution is -2.05. The molecule has 3 rings (SSSR count). The van der Waals surface area contributed by atoms with Gasteiger partial charge in [0, 0.05) is 42.8 Å². The molecule has 102 valence electrons. The second kappa shape index (κ2) is 5.54. The summed E-state index contributed by atoms with van der Waals surface area (Å²) in [4.78, 5) is 12.4. The maximum atomic E-state index is 5.89. The van der Waals surface area contributed by atoms with Gasteiger partial charge in [-0.2, -0.15) is 5.10 Å². The average molecular weight is 288 g/mol. The number of nitrogens with zero attached hydrogens (tertiary/aromatic N) is 5. The van der Waals surface area contributed by atoms with Crippen molar-refractivity contribution in [2.24, 2.45) is 4.99 Å². The van der Waals surface area contributed by atoms with Gasteiger partial charge in [-0.15, -0.1) is 0 Å². The Morgan fingerprint density at radius 1 is 1.45 bits per heavy atom. The number of hydrogen-bond acceptors (Lipinski definition) is 4. The van der Waals surface area contributed by atoms with E-state index >= 15 is 0 Å². The van der Waals surface area contributed by atoms with Crippen molar-refractivity contribution in [3.8, 4) is 11.3 Å². The van der Waals surface area contributed by atoms with E-state index in [2.05, 4.69) is 27.0 Å². The summed E-state index contributed by atoms with van der Waals surface area (Å²) < 4.78 is 1.91. The highest BCUT2D eigenvalue weighted by atomic mass is 35.5. The molecule has 0 radical (unpaired) electrons. The van der Waals surface area contributed by atoms with E-state index in [0.717, 1.165) is 29.9 Å². The van der Waals surface area contributed by atoms with Crippen molar-refractivity contribution < 1.29 is 0 Å². The molecule has 0 spiro atoms. The Morgan fingerprint density at radius 2 is 2.35 bits per heavy atom. The molecule has 0 bridgehead atoms. The van der Waals surface area contributed by atoms with Crippen molar-refractivity contribution >= 4 is 17.8 Å². The summed E-state index contributed by atoms with van der Waals surface area (Å²) in [6.07, 6.45) is 10.3. The Balaban J connectivity index is 2.07. The summed E-state index contributed by atoms with van der Waals surface area (Å²) in [5.74, 6) is 0.177. The molecule has 0 N–H and O–H groups in total. The molecule has 0 fully saturated rings. The quantitative estimate of drug-likeness (QED) is 0.815. The fourth-order valence-electron chi connectivity index (χ4n) is 2.22. The van der Waals surface area contributed by atoms with Crippen LogP contribution in [0.5, 0.6) is 0 Å². The molecule has 1 unspecified atom stereocenters. The van der Waals surface area contributed by atoms with Crippen LogP contribution in [0.4, 0.5) is 0 Å². The number of allylic oxidation sites excluding steroid dienone is 1. The van der Waals surface area contributed by atoms with Crippen LogP contribution in [0.25, 0.3) is 11.3 Å². The molecule has 20 heavy (non-hydrogen) atoms. The lowest BCUT2D eigenvalue weighted by Gasteiger charge is -2.11. The Kier molecular flexibility index (Phi) is 3.60. The predicted molar refractivity (Wildman–Crippen MR) is 78.9 cm³/mol. The average Bonchev–Trinajstić information content (AvgIpc) is 2.92. The molecular weight excluding hydrogens is 274 g/mol. The topological polar surface area (TPSA) is 56.0 Å². The third kappa shape index (κ3) is 2.49. The molecule has 5 nitrogen and oxygen atoms in total. The van der Waals surface area contributed by atoms with Gasteiger partial charge in [0.15, 0.2) is 0 Å². The zero-order valence-corrected chi connectivity index (χ0v) is 11.8. The normalized spacial score (nSPS) is 17.6. The Labute approximate surface area is 122 Å². The SMILES string of the molecule is CCn1cc(-c2ccnc(Cl)n2)c(C2C=NC=CC2)n1. The van der Waals surface area contributed by atoms with Crippen molar-refractivity contribution in [3.63, 3.8) is 0 Å². The minimum Gasteiger partial charge on any atom is -0.272 e. The second-order valence-electron chi connectivity index (χ2n) is 4.52. The number of halogens is 1. The van der Waals surface area contributed by atoms with Crippen LogP contribution in [0, 0.1) is 0 Å². The van der Waals surface area contributed by atoms with Gasteiger partial charge in [0.25, 0.3) is 0 Å². The van der Waals surface area contributed by atoms with Gasteiger partial charge in [-0.25, -0.2) is 9.97 Å². The van der Waals surface area contributed by atoms with Gasteiger partial charge in [0.2, 0.25) is 5.28 Å². The lowest BCUT2D eigenvalue weighted by atomic mass is 9.97. The Morgan fingerprint density at radius 3 is 3.05 bits per heavy atom. The van der Waals surface area contributed by atoms with E-state index in [1.165, 1.54) is 0 Å². The van der Waals surface area contributed by atoms with Crippen LogP contribution in [0.1, 0.15) is 25.0 Å². The van der Waals surface area contributed by atoms with Crippen LogP contribution in [0.3, 0.4) is 0 Å². The first-order valence-electron chi connectivity index (χ1n) is 6.52. The predicted octanol–water partition coefficient (Wildman–Crippen LogP) is 3.09. The zero-order valence-electron chi connectivity index (χ0n) is 11.1.